The Morgan fingerprint density at radius 3 is 1.39 bits per heavy atom. The molecule has 0 fully saturated rings. The third kappa shape index (κ3) is 26.5. The Hall–Kier alpha value is -1.66. The Kier molecular flexibility index (Phi) is 27.0. The molecule has 5 nitrogen and oxygen atoms in total. The van der Waals surface area contributed by atoms with Gasteiger partial charge in [-0.05, 0) is 58.4 Å². The Morgan fingerprint density at radius 1 is 0.667 bits per heavy atom. The molecule has 33 heavy (non-hydrogen) atoms. The van der Waals surface area contributed by atoms with Gasteiger partial charge in [0.05, 0.1) is 0 Å². The fraction of sp³-hybridized carbons (Fsp3) is 0.630. The van der Waals surface area contributed by atoms with Gasteiger partial charge in [-0.3, -0.25) is 4.90 Å². The number of hydrogen-bond donors (Lipinski definition) is 0. The quantitative estimate of drug-likeness (QED) is 0.0674. The standard InChI is InChI=1S/C27H45NO4.BrH/c1-4-6-8-10-12-14-16-18-20-26(29)31-24-22-28(3)23-25-32-27(30)21-19-17-15-13-11-9-7-5-2;/h4-5,18-21H,1-2,6-17,22-25H2,3H3;1H. The van der Waals surface area contributed by atoms with Gasteiger partial charge in [-0.2, -0.15) is 0 Å². The minimum absolute atomic E-state index is 0. The van der Waals surface area contributed by atoms with Crippen molar-refractivity contribution >= 4 is 28.9 Å². The summed E-state index contributed by atoms with van der Waals surface area (Å²) in [6, 6.07) is 0. The van der Waals surface area contributed by atoms with Gasteiger partial charge in [0.15, 0.2) is 0 Å². The lowest BCUT2D eigenvalue weighted by atomic mass is 10.1. The maximum absolute atomic E-state index is 11.7. The topological polar surface area (TPSA) is 55.8 Å². The lowest BCUT2D eigenvalue weighted by Gasteiger charge is -2.15. The van der Waals surface area contributed by atoms with Gasteiger partial charge in [0.2, 0.25) is 0 Å². The van der Waals surface area contributed by atoms with Crippen molar-refractivity contribution in [3.05, 3.63) is 49.6 Å². The largest absolute Gasteiger partial charge is 0.461 e. The molecular weight excluding hydrogens is 482 g/mol. The van der Waals surface area contributed by atoms with E-state index in [2.05, 4.69) is 13.2 Å². The number of unbranched alkanes of at least 4 members (excludes halogenated alkanes) is 10. The first kappa shape index (κ1) is 33.5. The van der Waals surface area contributed by atoms with Crippen LogP contribution in [0.1, 0.15) is 77.0 Å². The third-order valence-electron chi connectivity index (χ3n) is 5.00. The number of halogens is 1. The second-order valence-electron chi connectivity index (χ2n) is 8.00. The first-order valence-electron chi connectivity index (χ1n) is 12.2. The summed E-state index contributed by atoms with van der Waals surface area (Å²) in [5, 5.41) is 0. The van der Waals surface area contributed by atoms with Crippen LogP contribution in [0.2, 0.25) is 0 Å². The lowest BCUT2D eigenvalue weighted by Crippen LogP contribution is -2.28. The summed E-state index contributed by atoms with van der Waals surface area (Å²) in [6.07, 6.45) is 24.0. The van der Waals surface area contributed by atoms with E-state index in [0.29, 0.717) is 26.3 Å². The van der Waals surface area contributed by atoms with Crippen LogP contribution in [-0.2, 0) is 19.1 Å². The zero-order chi connectivity index (χ0) is 23.7. The molecule has 0 aromatic heterocycles. The normalized spacial score (nSPS) is 11.0. The summed E-state index contributed by atoms with van der Waals surface area (Å²) >= 11 is 0. The molecule has 0 aliphatic heterocycles. The molecule has 0 bridgehead atoms. The highest BCUT2D eigenvalue weighted by molar-refractivity contribution is 8.93. The van der Waals surface area contributed by atoms with Crippen LogP contribution in [0.3, 0.4) is 0 Å². The van der Waals surface area contributed by atoms with Crippen molar-refractivity contribution in [1.29, 1.82) is 0 Å². The summed E-state index contributed by atoms with van der Waals surface area (Å²) in [4.78, 5) is 25.4. The van der Waals surface area contributed by atoms with E-state index in [9.17, 15) is 9.59 Å². The van der Waals surface area contributed by atoms with E-state index < -0.39 is 0 Å². The molecule has 0 rings (SSSR count). The summed E-state index contributed by atoms with van der Waals surface area (Å²) in [5.74, 6) is -0.607. The maximum Gasteiger partial charge on any atom is 0.330 e. The number of ether oxygens (including phenoxy) is 2. The van der Waals surface area contributed by atoms with Crippen LogP contribution in [0.5, 0.6) is 0 Å². The van der Waals surface area contributed by atoms with Gasteiger partial charge < -0.3 is 9.47 Å². The van der Waals surface area contributed by atoms with Crippen LogP contribution in [0.25, 0.3) is 0 Å². The predicted octanol–water partition coefficient (Wildman–Crippen LogP) is 6.75. The predicted molar refractivity (Wildman–Crippen MR) is 144 cm³/mol. The van der Waals surface area contributed by atoms with E-state index >= 15 is 0 Å². The number of carbonyl (C=O) groups is 2. The van der Waals surface area contributed by atoms with Crippen molar-refractivity contribution in [2.24, 2.45) is 0 Å². The van der Waals surface area contributed by atoms with Crippen molar-refractivity contribution in [3.63, 3.8) is 0 Å². The Balaban J connectivity index is 0. The van der Waals surface area contributed by atoms with E-state index in [1.54, 1.807) is 0 Å². The van der Waals surface area contributed by atoms with Crippen LogP contribution >= 0.6 is 17.0 Å². The average Bonchev–Trinajstić information content (AvgIpc) is 2.77. The number of esters is 2. The Bertz CT molecular complexity index is 512. The zero-order valence-electron chi connectivity index (χ0n) is 20.7. The molecule has 190 valence electrons. The van der Waals surface area contributed by atoms with Gasteiger partial charge in [-0.25, -0.2) is 9.59 Å². The molecule has 0 aliphatic rings. The van der Waals surface area contributed by atoms with Gasteiger partial charge in [-0.15, -0.1) is 30.1 Å². The molecule has 6 heteroatoms. The smallest absolute Gasteiger partial charge is 0.330 e. The van der Waals surface area contributed by atoms with Crippen molar-refractivity contribution in [2.45, 2.75) is 77.0 Å². The van der Waals surface area contributed by atoms with Crippen molar-refractivity contribution in [2.75, 3.05) is 33.4 Å². The number of hydrogen-bond acceptors (Lipinski definition) is 5. The zero-order valence-corrected chi connectivity index (χ0v) is 22.4. The molecular formula is C27H46BrNO4. The van der Waals surface area contributed by atoms with E-state index in [1.807, 2.05) is 36.3 Å². The summed E-state index contributed by atoms with van der Waals surface area (Å²) in [7, 11) is 1.91. The van der Waals surface area contributed by atoms with Crippen LogP contribution in [-0.4, -0.2) is 50.2 Å². The van der Waals surface area contributed by atoms with E-state index in [-0.39, 0.29) is 28.9 Å². The number of carbonyl (C=O) groups excluding carboxylic acids is 2. The highest BCUT2D eigenvalue weighted by atomic mass is 79.9. The monoisotopic (exact) mass is 527 g/mol. The Labute approximate surface area is 212 Å². The molecule has 0 aromatic rings. The lowest BCUT2D eigenvalue weighted by molar-refractivity contribution is -0.138. The number of rotatable bonds is 22. The number of likely N-dealkylation sites (N-methyl/N-ethyl adjacent to an activating group) is 1. The molecule has 0 aliphatic carbocycles. The first-order chi connectivity index (χ1) is 15.6. The van der Waals surface area contributed by atoms with Crippen molar-refractivity contribution < 1.29 is 19.1 Å². The Morgan fingerprint density at radius 2 is 1.03 bits per heavy atom. The number of nitrogens with zero attached hydrogens (tertiary/aromatic N) is 1. The molecule has 0 N–H and O–H groups in total. The molecule has 0 spiro atoms. The molecule has 0 heterocycles. The van der Waals surface area contributed by atoms with Gasteiger partial charge in [-0.1, -0.05) is 50.0 Å². The van der Waals surface area contributed by atoms with Gasteiger partial charge in [0.25, 0.3) is 0 Å². The van der Waals surface area contributed by atoms with Gasteiger partial charge in [0.1, 0.15) is 13.2 Å². The maximum atomic E-state index is 11.7. The van der Waals surface area contributed by atoms with Crippen molar-refractivity contribution in [3.8, 4) is 0 Å². The second kappa shape index (κ2) is 26.6. The van der Waals surface area contributed by atoms with Gasteiger partial charge in [0, 0.05) is 25.2 Å². The van der Waals surface area contributed by atoms with Gasteiger partial charge >= 0.3 is 11.9 Å². The second-order valence-corrected chi connectivity index (χ2v) is 8.00. The van der Waals surface area contributed by atoms with E-state index in [4.69, 9.17) is 9.47 Å². The summed E-state index contributed by atoms with van der Waals surface area (Å²) in [6.45, 7) is 9.28. The molecule has 0 saturated heterocycles. The molecule has 0 aromatic carbocycles. The fourth-order valence-corrected chi connectivity index (χ4v) is 2.98. The highest BCUT2D eigenvalue weighted by Gasteiger charge is 2.03. The van der Waals surface area contributed by atoms with Crippen LogP contribution in [0, 0.1) is 0 Å². The van der Waals surface area contributed by atoms with Crippen LogP contribution < -0.4 is 0 Å². The third-order valence-corrected chi connectivity index (χ3v) is 5.00. The minimum atomic E-state index is -0.303. The molecule has 0 saturated carbocycles. The number of allylic oxidation sites excluding steroid dienone is 4. The van der Waals surface area contributed by atoms with Crippen molar-refractivity contribution in [1.82, 2.24) is 4.90 Å². The molecule has 0 unspecified atom stereocenters. The molecule has 0 amide bonds. The highest BCUT2D eigenvalue weighted by Crippen LogP contribution is 2.07. The average molecular weight is 529 g/mol. The molecule has 0 atom stereocenters. The van der Waals surface area contributed by atoms with E-state index in [0.717, 1.165) is 38.5 Å². The summed E-state index contributed by atoms with van der Waals surface area (Å²) in [5.41, 5.74) is 0. The SMILES string of the molecule is Br.C=CCCCCCCC=CC(=O)OCCN(C)CCOC(=O)C=CCCCCCCC=C. The van der Waals surface area contributed by atoms with E-state index in [1.165, 1.54) is 50.7 Å². The minimum Gasteiger partial charge on any atom is -0.461 e. The summed E-state index contributed by atoms with van der Waals surface area (Å²) < 4.78 is 10.4. The molecule has 0 radical (unpaired) electrons. The fourth-order valence-electron chi connectivity index (χ4n) is 2.98. The van der Waals surface area contributed by atoms with Crippen LogP contribution in [0.15, 0.2) is 49.6 Å². The first-order valence-corrected chi connectivity index (χ1v) is 12.2. The van der Waals surface area contributed by atoms with Crippen LogP contribution in [0.4, 0.5) is 0 Å².